The van der Waals surface area contributed by atoms with Gasteiger partial charge in [-0.15, -0.1) is 0 Å². The highest BCUT2D eigenvalue weighted by Gasteiger charge is 2.11. The number of methoxy groups -OCH3 is 1. The van der Waals surface area contributed by atoms with Crippen molar-refractivity contribution < 1.29 is 13.9 Å². The van der Waals surface area contributed by atoms with E-state index in [4.69, 9.17) is 25.5 Å². The number of rotatable bonds is 5. The van der Waals surface area contributed by atoms with Crippen molar-refractivity contribution in [2.24, 2.45) is 0 Å². The molecule has 0 fully saturated rings. The molecule has 0 radical (unpaired) electrons. The third-order valence-electron chi connectivity index (χ3n) is 3.35. The summed E-state index contributed by atoms with van der Waals surface area (Å²) in [7, 11) is 1.63. The molecule has 3 aromatic rings. The second-order valence-electron chi connectivity index (χ2n) is 5.54. The summed E-state index contributed by atoms with van der Waals surface area (Å²) in [5.41, 5.74) is 2.32. The molecule has 3 rings (SSSR count). The van der Waals surface area contributed by atoms with Crippen molar-refractivity contribution in [3.63, 3.8) is 0 Å². The van der Waals surface area contributed by atoms with E-state index >= 15 is 0 Å². The van der Waals surface area contributed by atoms with E-state index in [1.807, 2.05) is 38.1 Å². The van der Waals surface area contributed by atoms with E-state index in [2.05, 4.69) is 4.98 Å². The average Bonchev–Trinajstić information content (AvgIpc) is 2.95. The number of nitrogens with zero attached hydrogens (tertiary/aromatic N) is 1. The van der Waals surface area contributed by atoms with Crippen molar-refractivity contribution in [3.8, 4) is 11.5 Å². The van der Waals surface area contributed by atoms with E-state index in [-0.39, 0.29) is 6.10 Å². The Bertz CT molecular complexity index is 883. The Kier molecular flexibility index (Phi) is 4.76. The normalized spacial score (nSPS) is 11.5. The first-order valence-electron chi connectivity index (χ1n) is 7.64. The molecular formula is C19H18ClNO3. The number of benzene rings is 2. The molecule has 0 aliphatic rings. The fourth-order valence-corrected chi connectivity index (χ4v) is 2.50. The monoisotopic (exact) mass is 343 g/mol. The maximum atomic E-state index is 5.97. The number of hydrogen-bond acceptors (Lipinski definition) is 4. The van der Waals surface area contributed by atoms with Crippen molar-refractivity contribution >= 4 is 34.9 Å². The van der Waals surface area contributed by atoms with Crippen LogP contribution in [0.15, 0.2) is 40.8 Å². The highest BCUT2D eigenvalue weighted by atomic mass is 35.5. The maximum absolute atomic E-state index is 5.97. The lowest BCUT2D eigenvalue weighted by Crippen LogP contribution is -2.07. The molecule has 0 saturated heterocycles. The van der Waals surface area contributed by atoms with Crippen molar-refractivity contribution in [2.45, 2.75) is 20.0 Å². The lowest BCUT2D eigenvalue weighted by molar-refractivity contribution is 0.229. The highest BCUT2D eigenvalue weighted by molar-refractivity contribution is 6.31. The molecule has 0 unspecified atom stereocenters. The van der Waals surface area contributed by atoms with E-state index in [0.29, 0.717) is 28.0 Å². The van der Waals surface area contributed by atoms with Gasteiger partial charge in [-0.3, -0.25) is 0 Å². The standard InChI is InChI=1S/C19H18ClNO3/c1-12(2)23-19-13(5-4-6-17(19)22-3)7-10-18-21-15-11-14(20)8-9-16(15)24-18/h4-12H,1-3H3. The first kappa shape index (κ1) is 16.4. The lowest BCUT2D eigenvalue weighted by atomic mass is 10.1. The van der Waals surface area contributed by atoms with E-state index in [9.17, 15) is 0 Å². The first-order chi connectivity index (χ1) is 11.6. The van der Waals surface area contributed by atoms with Gasteiger partial charge < -0.3 is 13.9 Å². The number of oxazole rings is 1. The van der Waals surface area contributed by atoms with Crippen LogP contribution in [0.4, 0.5) is 0 Å². The molecule has 0 aliphatic carbocycles. The molecule has 5 heteroatoms. The van der Waals surface area contributed by atoms with E-state index in [1.165, 1.54) is 0 Å². The van der Waals surface area contributed by atoms with Gasteiger partial charge in [-0.1, -0.05) is 23.7 Å². The minimum atomic E-state index is 0.0416. The Morgan fingerprint density at radius 3 is 2.75 bits per heavy atom. The molecule has 24 heavy (non-hydrogen) atoms. The van der Waals surface area contributed by atoms with Crippen molar-refractivity contribution in [3.05, 3.63) is 52.9 Å². The van der Waals surface area contributed by atoms with Crippen LogP contribution in [0.1, 0.15) is 25.3 Å². The largest absolute Gasteiger partial charge is 0.493 e. The third kappa shape index (κ3) is 3.54. The van der Waals surface area contributed by atoms with Gasteiger partial charge in [-0.05, 0) is 44.2 Å². The second kappa shape index (κ2) is 6.97. The summed E-state index contributed by atoms with van der Waals surface area (Å²) in [5.74, 6) is 1.89. The fourth-order valence-electron chi connectivity index (χ4n) is 2.34. The van der Waals surface area contributed by atoms with Gasteiger partial charge in [-0.2, -0.15) is 0 Å². The zero-order valence-electron chi connectivity index (χ0n) is 13.7. The maximum Gasteiger partial charge on any atom is 0.220 e. The van der Waals surface area contributed by atoms with Crippen LogP contribution in [0, 0.1) is 0 Å². The SMILES string of the molecule is COc1cccc(C=Cc2nc3cc(Cl)ccc3o2)c1OC(C)C. The number of ether oxygens (including phenoxy) is 2. The summed E-state index contributed by atoms with van der Waals surface area (Å²) < 4.78 is 17.0. The number of hydrogen-bond donors (Lipinski definition) is 0. The predicted molar refractivity (Wildman–Crippen MR) is 96.7 cm³/mol. The van der Waals surface area contributed by atoms with Crippen molar-refractivity contribution in [1.29, 1.82) is 0 Å². The smallest absolute Gasteiger partial charge is 0.220 e. The average molecular weight is 344 g/mol. The summed E-state index contributed by atoms with van der Waals surface area (Å²) in [4.78, 5) is 4.41. The summed E-state index contributed by atoms with van der Waals surface area (Å²) in [6.07, 6.45) is 3.74. The van der Waals surface area contributed by atoms with E-state index in [1.54, 1.807) is 31.4 Å². The molecule has 2 aromatic carbocycles. The number of para-hydroxylation sites is 1. The molecule has 0 aliphatic heterocycles. The van der Waals surface area contributed by atoms with E-state index in [0.717, 1.165) is 11.1 Å². The summed E-state index contributed by atoms with van der Waals surface area (Å²) in [6.45, 7) is 3.95. The summed E-state index contributed by atoms with van der Waals surface area (Å²) in [6, 6.07) is 11.1. The lowest BCUT2D eigenvalue weighted by Gasteiger charge is -2.15. The molecule has 0 spiro atoms. The molecule has 0 saturated carbocycles. The zero-order valence-corrected chi connectivity index (χ0v) is 14.5. The highest BCUT2D eigenvalue weighted by Crippen LogP contribution is 2.33. The van der Waals surface area contributed by atoms with Gasteiger partial charge >= 0.3 is 0 Å². The molecule has 4 nitrogen and oxygen atoms in total. The molecule has 0 N–H and O–H groups in total. The Hall–Kier alpha value is -2.46. The van der Waals surface area contributed by atoms with Crippen LogP contribution in [0.2, 0.25) is 5.02 Å². The fraction of sp³-hybridized carbons (Fsp3) is 0.211. The van der Waals surface area contributed by atoms with Crippen LogP contribution in [0.25, 0.3) is 23.3 Å². The molecule has 1 heterocycles. The van der Waals surface area contributed by atoms with Crippen LogP contribution in [-0.2, 0) is 0 Å². The second-order valence-corrected chi connectivity index (χ2v) is 5.98. The number of halogens is 1. The zero-order chi connectivity index (χ0) is 17.1. The van der Waals surface area contributed by atoms with Crippen molar-refractivity contribution in [1.82, 2.24) is 4.98 Å². The Labute approximate surface area is 145 Å². The van der Waals surface area contributed by atoms with Gasteiger partial charge in [0.15, 0.2) is 17.1 Å². The van der Waals surface area contributed by atoms with Crippen LogP contribution >= 0.6 is 11.6 Å². The van der Waals surface area contributed by atoms with Crippen LogP contribution in [-0.4, -0.2) is 18.2 Å². The minimum Gasteiger partial charge on any atom is -0.493 e. The van der Waals surface area contributed by atoms with Gasteiger partial charge in [0.25, 0.3) is 0 Å². The van der Waals surface area contributed by atoms with E-state index < -0.39 is 0 Å². The minimum absolute atomic E-state index is 0.0416. The molecular weight excluding hydrogens is 326 g/mol. The predicted octanol–water partition coefficient (Wildman–Crippen LogP) is 5.45. The van der Waals surface area contributed by atoms with Gasteiger partial charge in [-0.25, -0.2) is 4.98 Å². The molecule has 0 amide bonds. The van der Waals surface area contributed by atoms with Crippen LogP contribution in [0.5, 0.6) is 11.5 Å². The topological polar surface area (TPSA) is 44.5 Å². The molecule has 124 valence electrons. The molecule has 0 atom stereocenters. The van der Waals surface area contributed by atoms with Gasteiger partial charge in [0.2, 0.25) is 5.89 Å². The van der Waals surface area contributed by atoms with Gasteiger partial charge in [0.05, 0.1) is 13.2 Å². The Balaban J connectivity index is 1.95. The van der Waals surface area contributed by atoms with Gasteiger partial charge in [0, 0.05) is 16.7 Å². The van der Waals surface area contributed by atoms with Crippen LogP contribution in [0.3, 0.4) is 0 Å². The third-order valence-corrected chi connectivity index (χ3v) is 3.59. The quantitative estimate of drug-likeness (QED) is 0.618. The number of fused-ring (bicyclic) bond motifs is 1. The molecule has 1 aromatic heterocycles. The number of aromatic nitrogens is 1. The Morgan fingerprint density at radius 2 is 2.00 bits per heavy atom. The van der Waals surface area contributed by atoms with Crippen molar-refractivity contribution in [2.75, 3.05) is 7.11 Å². The summed E-state index contributed by atoms with van der Waals surface area (Å²) >= 11 is 5.97. The summed E-state index contributed by atoms with van der Waals surface area (Å²) in [5, 5.41) is 0.631. The Morgan fingerprint density at radius 1 is 1.17 bits per heavy atom. The first-order valence-corrected chi connectivity index (χ1v) is 8.02. The van der Waals surface area contributed by atoms with Crippen LogP contribution < -0.4 is 9.47 Å². The van der Waals surface area contributed by atoms with Gasteiger partial charge in [0.1, 0.15) is 5.52 Å². The molecule has 0 bridgehead atoms.